The molecule has 5 nitrogen and oxygen atoms in total. The minimum atomic E-state index is -0.705. The van der Waals surface area contributed by atoms with Crippen LogP contribution in [-0.2, 0) is 9.53 Å². The minimum Gasteiger partial charge on any atom is -0.467 e. The van der Waals surface area contributed by atoms with Gasteiger partial charge in [-0.05, 0) is 31.2 Å². The van der Waals surface area contributed by atoms with Crippen molar-refractivity contribution in [2.75, 3.05) is 7.11 Å². The van der Waals surface area contributed by atoms with Crippen LogP contribution in [0.25, 0.3) is 0 Å². The first kappa shape index (κ1) is 12.7. The first-order valence-corrected chi connectivity index (χ1v) is 4.97. The molecule has 0 saturated heterocycles. The van der Waals surface area contributed by atoms with E-state index in [-0.39, 0.29) is 5.91 Å². The van der Waals surface area contributed by atoms with Gasteiger partial charge in [0.05, 0.1) is 18.7 Å². The second kappa shape index (κ2) is 5.66. The van der Waals surface area contributed by atoms with Gasteiger partial charge in [0, 0.05) is 5.56 Å². The summed E-state index contributed by atoms with van der Waals surface area (Å²) < 4.78 is 4.49. The molecule has 1 amide bonds. The topological polar surface area (TPSA) is 79.2 Å². The number of nitriles is 1. The molecule has 17 heavy (non-hydrogen) atoms. The Bertz CT molecular complexity index is 460. The van der Waals surface area contributed by atoms with E-state index < -0.39 is 12.0 Å². The maximum absolute atomic E-state index is 11.7. The third-order valence-corrected chi connectivity index (χ3v) is 2.18. The third-order valence-electron chi connectivity index (χ3n) is 2.18. The van der Waals surface area contributed by atoms with E-state index in [1.165, 1.54) is 38.3 Å². The van der Waals surface area contributed by atoms with Crippen LogP contribution in [0, 0.1) is 11.3 Å². The number of nitrogens with zero attached hydrogens (tertiary/aromatic N) is 1. The quantitative estimate of drug-likeness (QED) is 0.783. The maximum atomic E-state index is 11.7. The number of rotatable bonds is 3. The Morgan fingerprint density at radius 1 is 1.35 bits per heavy atom. The average Bonchev–Trinajstić information content (AvgIpc) is 2.37. The van der Waals surface area contributed by atoms with Crippen LogP contribution < -0.4 is 5.32 Å². The van der Waals surface area contributed by atoms with Crippen molar-refractivity contribution in [3.05, 3.63) is 35.4 Å². The van der Waals surface area contributed by atoms with E-state index in [1.807, 2.05) is 6.07 Å². The van der Waals surface area contributed by atoms with Gasteiger partial charge < -0.3 is 10.1 Å². The van der Waals surface area contributed by atoms with E-state index in [0.717, 1.165) is 0 Å². The molecule has 0 spiro atoms. The molecule has 5 heteroatoms. The highest BCUT2D eigenvalue weighted by Gasteiger charge is 2.16. The molecule has 0 aliphatic carbocycles. The van der Waals surface area contributed by atoms with Crippen molar-refractivity contribution < 1.29 is 14.3 Å². The normalized spacial score (nSPS) is 11.1. The SMILES string of the molecule is COC(=O)C(C)NC(=O)c1ccc(C#N)cc1. The molecule has 0 fully saturated rings. The number of carbonyl (C=O) groups excluding carboxylic acids is 2. The van der Waals surface area contributed by atoms with Crippen molar-refractivity contribution in [1.82, 2.24) is 5.32 Å². The van der Waals surface area contributed by atoms with E-state index in [2.05, 4.69) is 10.1 Å². The fourth-order valence-electron chi connectivity index (χ4n) is 1.21. The zero-order chi connectivity index (χ0) is 12.8. The van der Waals surface area contributed by atoms with Crippen molar-refractivity contribution in [2.45, 2.75) is 13.0 Å². The number of methoxy groups -OCH3 is 1. The van der Waals surface area contributed by atoms with Gasteiger partial charge in [0.25, 0.3) is 5.91 Å². The number of ether oxygens (including phenoxy) is 1. The van der Waals surface area contributed by atoms with Crippen LogP contribution >= 0.6 is 0 Å². The van der Waals surface area contributed by atoms with Crippen molar-refractivity contribution >= 4 is 11.9 Å². The lowest BCUT2D eigenvalue weighted by molar-refractivity contribution is -0.142. The van der Waals surface area contributed by atoms with Crippen molar-refractivity contribution in [1.29, 1.82) is 5.26 Å². The Labute approximate surface area is 99.0 Å². The van der Waals surface area contributed by atoms with Crippen LogP contribution in [0.3, 0.4) is 0 Å². The predicted molar refractivity (Wildman–Crippen MR) is 60.1 cm³/mol. The Kier molecular flexibility index (Phi) is 4.23. The molecule has 1 atom stereocenters. The second-order valence-corrected chi connectivity index (χ2v) is 3.41. The van der Waals surface area contributed by atoms with Crippen LogP contribution in [0.5, 0.6) is 0 Å². The number of hydrogen-bond donors (Lipinski definition) is 1. The summed E-state index contributed by atoms with van der Waals surface area (Å²) in [6.07, 6.45) is 0. The fraction of sp³-hybridized carbons (Fsp3) is 0.250. The fourth-order valence-corrected chi connectivity index (χ4v) is 1.21. The van der Waals surface area contributed by atoms with Crippen molar-refractivity contribution in [3.8, 4) is 6.07 Å². The molecular weight excluding hydrogens is 220 g/mol. The smallest absolute Gasteiger partial charge is 0.328 e. The monoisotopic (exact) mass is 232 g/mol. The van der Waals surface area contributed by atoms with Gasteiger partial charge >= 0.3 is 5.97 Å². The first-order chi connectivity index (χ1) is 8.08. The lowest BCUT2D eigenvalue weighted by Crippen LogP contribution is -2.39. The Morgan fingerprint density at radius 2 is 1.94 bits per heavy atom. The molecule has 1 unspecified atom stereocenters. The van der Waals surface area contributed by atoms with Crippen LogP contribution in [0.15, 0.2) is 24.3 Å². The number of amides is 1. The number of benzene rings is 1. The lowest BCUT2D eigenvalue weighted by atomic mass is 10.1. The van der Waals surface area contributed by atoms with Gasteiger partial charge in [0.1, 0.15) is 6.04 Å². The van der Waals surface area contributed by atoms with Gasteiger partial charge in [-0.2, -0.15) is 5.26 Å². The van der Waals surface area contributed by atoms with Gasteiger partial charge in [-0.25, -0.2) is 4.79 Å². The van der Waals surface area contributed by atoms with Crippen molar-refractivity contribution in [2.24, 2.45) is 0 Å². The zero-order valence-electron chi connectivity index (χ0n) is 9.56. The van der Waals surface area contributed by atoms with Gasteiger partial charge in [-0.1, -0.05) is 0 Å². The number of hydrogen-bond acceptors (Lipinski definition) is 4. The molecule has 0 heterocycles. The Morgan fingerprint density at radius 3 is 2.41 bits per heavy atom. The summed E-state index contributed by atoms with van der Waals surface area (Å²) in [5.74, 6) is -0.889. The largest absolute Gasteiger partial charge is 0.467 e. The van der Waals surface area contributed by atoms with Gasteiger partial charge in [0.15, 0.2) is 0 Å². The van der Waals surface area contributed by atoms with Crippen molar-refractivity contribution in [3.63, 3.8) is 0 Å². The molecule has 0 aliphatic heterocycles. The summed E-state index contributed by atoms with van der Waals surface area (Å²) in [6.45, 7) is 1.54. The zero-order valence-corrected chi connectivity index (χ0v) is 9.56. The number of esters is 1. The summed E-state index contributed by atoms with van der Waals surface area (Å²) in [6, 6.07) is 7.38. The van der Waals surface area contributed by atoms with E-state index in [4.69, 9.17) is 5.26 Å². The summed E-state index contributed by atoms with van der Waals surface area (Å²) in [5.41, 5.74) is 0.863. The Balaban J connectivity index is 2.70. The predicted octanol–water partition coefficient (Wildman–Crippen LogP) is 0.850. The molecule has 1 N–H and O–H groups in total. The van der Waals surface area contributed by atoms with E-state index >= 15 is 0 Å². The van der Waals surface area contributed by atoms with Crippen LogP contribution in [0.2, 0.25) is 0 Å². The molecule has 1 aromatic rings. The van der Waals surface area contributed by atoms with Crippen LogP contribution in [-0.4, -0.2) is 25.0 Å². The number of nitrogens with one attached hydrogen (secondary N) is 1. The maximum Gasteiger partial charge on any atom is 0.328 e. The van der Waals surface area contributed by atoms with E-state index in [9.17, 15) is 9.59 Å². The van der Waals surface area contributed by atoms with Crippen LogP contribution in [0.4, 0.5) is 0 Å². The molecule has 0 radical (unpaired) electrons. The summed E-state index contributed by atoms with van der Waals surface area (Å²) in [5, 5.41) is 11.1. The summed E-state index contributed by atoms with van der Waals surface area (Å²) in [4.78, 5) is 22.8. The highest BCUT2D eigenvalue weighted by atomic mass is 16.5. The number of carbonyl (C=O) groups is 2. The molecule has 0 saturated carbocycles. The van der Waals surface area contributed by atoms with Gasteiger partial charge in [-0.15, -0.1) is 0 Å². The van der Waals surface area contributed by atoms with E-state index in [0.29, 0.717) is 11.1 Å². The van der Waals surface area contributed by atoms with Gasteiger partial charge in [0.2, 0.25) is 0 Å². The molecule has 88 valence electrons. The molecule has 0 bridgehead atoms. The highest BCUT2D eigenvalue weighted by molar-refractivity contribution is 5.96. The van der Waals surface area contributed by atoms with E-state index in [1.54, 1.807) is 0 Å². The second-order valence-electron chi connectivity index (χ2n) is 3.41. The molecule has 0 aromatic heterocycles. The molecule has 1 rings (SSSR count). The molecular formula is C12H12N2O3. The minimum absolute atomic E-state index is 0.382. The van der Waals surface area contributed by atoms with Crippen LogP contribution in [0.1, 0.15) is 22.8 Å². The molecule has 1 aromatic carbocycles. The summed E-state index contributed by atoms with van der Waals surface area (Å²) in [7, 11) is 1.26. The summed E-state index contributed by atoms with van der Waals surface area (Å²) >= 11 is 0. The standard InChI is InChI=1S/C12H12N2O3/c1-8(12(16)17-2)14-11(15)10-5-3-9(7-13)4-6-10/h3-6,8H,1-2H3,(H,14,15). The third kappa shape index (κ3) is 3.31. The van der Waals surface area contributed by atoms with Gasteiger partial charge in [-0.3, -0.25) is 4.79 Å². The first-order valence-electron chi connectivity index (χ1n) is 4.97. The molecule has 0 aliphatic rings. The Hall–Kier alpha value is -2.35. The lowest BCUT2D eigenvalue weighted by Gasteiger charge is -2.11. The highest BCUT2D eigenvalue weighted by Crippen LogP contribution is 2.03. The average molecular weight is 232 g/mol.